The molecule has 1 heterocycles. The molecule has 2 aliphatic rings. The first kappa shape index (κ1) is 40.9. The minimum atomic E-state index is -1.23. The van der Waals surface area contributed by atoms with Gasteiger partial charge in [0.15, 0.2) is 0 Å². The molecular formula is C37H56N6O8. The van der Waals surface area contributed by atoms with Gasteiger partial charge < -0.3 is 35.8 Å². The van der Waals surface area contributed by atoms with E-state index in [1.807, 2.05) is 27.7 Å². The summed E-state index contributed by atoms with van der Waals surface area (Å²) in [7, 11) is 3.12. The number of rotatable bonds is 14. The lowest BCUT2D eigenvalue weighted by Crippen LogP contribution is -2.60. The highest BCUT2D eigenvalue weighted by atomic mass is 16.6. The number of likely N-dealkylation sites (N-methyl/N-ethyl adjacent to an activating group) is 1. The average molecular weight is 713 g/mol. The van der Waals surface area contributed by atoms with Crippen molar-refractivity contribution in [3.8, 4) is 0 Å². The van der Waals surface area contributed by atoms with Gasteiger partial charge in [-0.3, -0.25) is 28.8 Å². The molecule has 6 amide bonds. The average Bonchev–Trinajstić information content (AvgIpc) is 3.33. The first-order chi connectivity index (χ1) is 23.6. The number of carbonyl (C=O) groups is 7. The molecule has 2 fully saturated rings. The molecule has 0 bridgehead atoms. The van der Waals surface area contributed by atoms with Crippen LogP contribution in [0.25, 0.3) is 0 Å². The molecule has 1 aliphatic heterocycles. The van der Waals surface area contributed by atoms with Crippen molar-refractivity contribution in [2.45, 2.75) is 99.0 Å². The zero-order valence-electron chi connectivity index (χ0n) is 31.8. The number of nitrogens with one attached hydrogen (secondary N) is 4. The maximum atomic E-state index is 14.1. The van der Waals surface area contributed by atoms with E-state index >= 15 is 0 Å². The molecule has 1 aromatic carbocycles. The highest BCUT2D eigenvalue weighted by Gasteiger charge is 2.70. The van der Waals surface area contributed by atoms with Crippen molar-refractivity contribution in [2.24, 2.45) is 28.6 Å². The quantitative estimate of drug-likeness (QED) is 0.212. The largest absolute Gasteiger partial charge is 0.447 e. The van der Waals surface area contributed by atoms with Crippen molar-refractivity contribution >= 4 is 41.4 Å². The van der Waals surface area contributed by atoms with E-state index in [4.69, 9.17) is 4.74 Å². The first-order valence-electron chi connectivity index (χ1n) is 17.5. The third kappa shape index (κ3) is 10.1. The number of ketones is 1. The SMILES string of the molecule is CC(C)C[C@H](NC(=O)[C@@H]1C2C(CN1C(=O)[C@@H](NC(=O)OC(C)C)C(C)(C)C)C2(C)C)C(=O)C(=O)NCC(=O)N[C@H](C(=O)N(C)C)c1ccccc1. The van der Waals surface area contributed by atoms with Crippen molar-refractivity contribution in [2.75, 3.05) is 27.2 Å². The summed E-state index contributed by atoms with van der Waals surface area (Å²) >= 11 is 0. The fourth-order valence-corrected chi connectivity index (χ4v) is 6.76. The van der Waals surface area contributed by atoms with Gasteiger partial charge in [-0.15, -0.1) is 0 Å². The van der Waals surface area contributed by atoms with Crippen LogP contribution in [0.5, 0.6) is 0 Å². The number of piperidine rings is 1. The maximum absolute atomic E-state index is 14.1. The second kappa shape index (κ2) is 16.2. The third-order valence-electron chi connectivity index (χ3n) is 9.58. The van der Waals surface area contributed by atoms with Crippen LogP contribution in [0.4, 0.5) is 4.79 Å². The number of alkyl carbamates (subject to hydrolysis) is 1. The molecule has 6 atom stereocenters. The summed E-state index contributed by atoms with van der Waals surface area (Å²) in [5.74, 6) is -4.37. The Labute approximate surface area is 301 Å². The van der Waals surface area contributed by atoms with Gasteiger partial charge in [0.2, 0.25) is 29.4 Å². The van der Waals surface area contributed by atoms with Gasteiger partial charge in [0.1, 0.15) is 18.1 Å². The summed E-state index contributed by atoms with van der Waals surface area (Å²) < 4.78 is 5.24. The fraction of sp³-hybridized carbons (Fsp3) is 0.649. The molecule has 1 aliphatic carbocycles. The molecule has 14 nitrogen and oxygen atoms in total. The van der Waals surface area contributed by atoms with Gasteiger partial charge in [0, 0.05) is 20.6 Å². The molecule has 0 radical (unpaired) electrons. The van der Waals surface area contributed by atoms with Crippen LogP contribution in [0.1, 0.15) is 80.3 Å². The van der Waals surface area contributed by atoms with Crippen molar-refractivity contribution in [1.82, 2.24) is 31.1 Å². The number of hydrogen-bond donors (Lipinski definition) is 4. The van der Waals surface area contributed by atoms with Crippen molar-refractivity contribution in [3.63, 3.8) is 0 Å². The van der Waals surface area contributed by atoms with Gasteiger partial charge >= 0.3 is 6.09 Å². The van der Waals surface area contributed by atoms with Gasteiger partial charge in [-0.2, -0.15) is 0 Å². The van der Waals surface area contributed by atoms with E-state index < -0.39 is 77.7 Å². The van der Waals surface area contributed by atoms with Crippen molar-refractivity contribution in [3.05, 3.63) is 35.9 Å². The zero-order chi connectivity index (χ0) is 38.6. The third-order valence-corrected chi connectivity index (χ3v) is 9.58. The number of nitrogens with zero attached hydrogens (tertiary/aromatic N) is 2. The zero-order valence-corrected chi connectivity index (χ0v) is 31.8. The van der Waals surface area contributed by atoms with Crippen molar-refractivity contribution in [1.29, 1.82) is 0 Å². The molecule has 0 aromatic heterocycles. The van der Waals surface area contributed by atoms with Gasteiger partial charge in [-0.05, 0) is 54.4 Å². The molecule has 0 spiro atoms. The molecule has 4 N–H and O–H groups in total. The molecule has 51 heavy (non-hydrogen) atoms. The van der Waals surface area contributed by atoms with Crippen LogP contribution >= 0.6 is 0 Å². The van der Waals surface area contributed by atoms with Gasteiger partial charge in [0.05, 0.1) is 18.7 Å². The van der Waals surface area contributed by atoms with Crippen LogP contribution in [0, 0.1) is 28.6 Å². The van der Waals surface area contributed by atoms with Crippen molar-refractivity contribution < 1.29 is 38.3 Å². The lowest BCUT2D eigenvalue weighted by atomic mass is 9.85. The first-order valence-corrected chi connectivity index (χ1v) is 17.5. The van der Waals surface area contributed by atoms with Gasteiger partial charge in [0.25, 0.3) is 5.91 Å². The summed E-state index contributed by atoms with van der Waals surface area (Å²) in [6.45, 7) is 16.2. The molecule has 2 unspecified atom stereocenters. The standard InChI is InChI=1S/C37H56N6O8/c1-20(2)17-24(29(45)32(47)38-18-25(44)40-27(33(48)42(10)11)22-15-13-12-14-16-22)39-31(46)28-26-23(37(26,8)9)19-43(28)34(49)30(36(5,6)7)41-35(50)51-21(3)4/h12-16,20-21,23-24,26-28,30H,17-19H2,1-11H3,(H,38,47)(H,39,46)(H,40,44)(H,41,50)/t23?,24-,26?,27-,28-,30+/m0/s1. The van der Waals surface area contributed by atoms with Gasteiger partial charge in [-0.1, -0.05) is 78.8 Å². The molecule has 282 valence electrons. The van der Waals surface area contributed by atoms with Crippen LogP contribution in [0.2, 0.25) is 0 Å². The van der Waals surface area contributed by atoms with E-state index in [1.165, 1.54) is 9.80 Å². The highest BCUT2D eigenvalue weighted by molar-refractivity contribution is 6.38. The number of carbonyl (C=O) groups excluding carboxylic acids is 7. The molecule has 3 rings (SSSR count). The van der Waals surface area contributed by atoms with Crippen LogP contribution < -0.4 is 21.3 Å². The van der Waals surface area contributed by atoms with Crippen LogP contribution in [0.15, 0.2) is 30.3 Å². The van der Waals surface area contributed by atoms with Crippen LogP contribution in [-0.2, 0) is 33.5 Å². The van der Waals surface area contributed by atoms with Crippen LogP contribution in [0.3, 0.4) is 0 Å². The smallest absolute Gasteiger partial charge is 0.408 e. The van der Waals surface area contributed by atoms with Gasteiger partial charge in [-0.25, -0.2) is 4.79 Å². The Bertz CT molecular complexity index is 1490. The normalized spacial score (nSPS) is 20.7. The Balaban J connectivity index is 1.76. The van der Waals surface area contributed by atoms with E-state index in [1.54, 1.807) is 79.0 Å². The minimum absolute atomic E-state index is 0.0283. The lowest BCUT2D eigenvalue weighted by Gasteiger charge is -2.37. The summed E-state index contributed by atoms with van der Waals surface area (Å²) in [4.78, 5) is 95.9. The van der Waals surface area contributed by atoms with E-state index in [2.05, 4.69) is 21.3 Å². The summed E-state index contributed by atoms with van der Waals surface area (Å²) in [5.41, 5.74) is -0.418. The molecule has 1 aromatic rings. The topological polar surface area (TPSA) is 183 Å². The Morgan fingerprint density at radius 1 is 0.941 bits per heavy atom. The predicted molar refractivity (Wildman–Crippen MR) is 190 cm³/mol. The Hall–Kier alpha value is -4.49. The van der Waals surface area contributed by atoms with Crippen LogP contribution in [-0.4, -0.2) is 103 Å². The number of benzene rings is 1. The number of fused-ring (bicyclic) bond motifs is 1. The number of Topliss-reactive ketones (excluding diaryl/α,β-unsaturated/α-hetero) is 1. The number of ether oxygens (including phenoxy) is 1. The predicted octanol–water partition coefficient (Wildman–Crippen LogP) is 2.18. The Morgan fingerprint density at radius 3 is 2.08 bits per heavy atom. The Morgan fingerprint density at radius 2 is 1.55 bits per heavy atom. The number of likely N-dealkylation sites (tertiary alicyclic amines) is 1. The van der Waals surface area contributed by atoms with E-state index in [9.17, 15) is 33.6 Å². The minimum Gasteiger partial charge on any atom is -0.447 e. The summed E-state index contributed by atoms with van der Waals surface area (Å²) in [5, 5.41) is 10.4. The van der Waals surface area contributed by atoms with E-state index in [0.29, 0.717) is 12.1 Å². The summed E-state index contributed by atoms with van der Waals surface area (Å²) in [6, 6.07) is 4.45. The molecule has 14 heteroatoms. The lowest BCUT2D eigenvalue weighted by molar-refractivity contribution is -0.145. The second-order valence-electron chi connectivity index (χ2n) is 16.2. The number of amides is 6. The van der Waals surface area contributed by atoms with E-state index in [0.717, 1.165) is 0 Å². The number of hydrogen-bond acceptors (Lipinski definition) is 8. The maximum Gasteiger partial charge on any atom is 0.408 e. The fourth-order valence-electron chi connectivity index (χ4n) is 6.76. The molecular weight excluding hydrogens is 656 g/mol. The highest BCUT2D eigenvalue weighted by Crippen LogP contribution is 2.65. The Kier molecular flexibility index (Phi) is 13.0. The second-order valence-corrected chi connectivity index (χ2v) is 16.2. The monoisotopic (exact) mass is 712 g/mol. The molecule has 1 saturated carbocycles. The summed E-state index contributed by atoms with van der Waals surface area (Å²) in [6.07, 6.45) is -1.02. The molecule has 1 saturated heterocycles. The van der Waals surface area contributed by atoms with E-state index in [-0.39, 0.29) is 35.5 Å².